The molecule has 1 spiro atoms. The number of carboxylic acid groups (broad SMARTS) is 2. The van der Waals surface area contributed by atoms with Gasteiger partial charge in [-0.3, -0.25) is 52.9 Å². The Balaban J connectivity index is 0.630. The van der Waals surface area contributed by atoms with Crippen LogP contribution in [0.4, 0.5) is 11.6 Å². The molecule has 0 radical (unpaired) electrons. The molecule has 4 amide bonds. The number of esters is 2. The number of allylic oxidation sites excluding steroid dienone is 2. The number of amides is 4. The van der Waals surface area contributed by atoms with Gasteiger partial charge in [0, 0.05) is 84.3 Å². The molecule has 10 heterocycles. The zero-order chi connectivity index (χ0) is 72.4. The summed E-state index contributed by atoms with van der Waals surface area (Å²) >= 11 is 0. The molecule has 0 saturated carbocycles. The molecule has 0 bridgehead atoms. The predicted molar refractivity (Wildman–Crippen MR) is 369 cm³/mol. The van der Waals surface area contributed by atoms with Crippen LogP contribution in [-0.4, -0.2) is 175 Å². The van der Waals surface area contributed by atoms with Gasteiger partial charge < -0.3 is 52.0 Å². The van der Waals surface area contributed by atoms with Gasteiger partial charge in [-0.2, -0.15) is 14.1 Å². The fourth-order valence-corrected chi connectivity index (χ4v) is 17.4. The highest BCUT2D eigenvalue weighted by molar-refractivity contribution is 8.76. The van der Waals surface area contributed by atoms with E-state index in [9.17, 15) is 67.7 Å². The maximum Gasteiger partial charge on any atom is 0.552 e. The van der Waals surface area contributed by atoms with Crippen molar-refractivity contribution >= 4 is 144 Å². The second-order valence-electron chi connectivity index (χ2n) is 26.0. The maximum atomic E-state index is 15.0. The molecule has 10 N–H and O–H groups in total. The predicted octanol–water partition coefficient (Wildman–Crippen LogP) is 2.10. The third-order valence-electron chi connectivity index (χ3n) is 20.0. The van der Waals surface area contributed by atoms with Gasteiger partial charge in [-0.1, -0.05) is 51.5 Å². The van der Waals surface area contributed by atoms with E-state index in [-0.39, 0.29) is 102 Å². The van der Waals surface area contributed by atoms with Crippen molar-refractivity contribution in [3.8, 4) is 0 Å². The highest BCUT2D eigenvalue weighted by Gasteiger charge is 2.77. The smallest absolute Gasteiger partial charge is 0.480 e. The zero-order valence-electron chi connectivity index (χ0n) is 56.6. The standard InChI is InChI=1S/C69H74N14O16S2/c1-9-40-30(3)44-25-49-53(34(7)84)32(5)46-23-45-31(4)41(58-55-56(67(97)98-8)60(89)54-33(6)47-24-48(40)80(44)69(81(46)49,82(45)58)83(47)59(54)55)16-18-50(86)73-28-52(88)99-19-20-100-101-29-43(66(95)96)77-63(91)36(22-51(87)71-10-2)21-39(85)15-17-42(65(93)94)76-62(90)35-11-13-37(14-12-35)72-26-38-27-74-61-57(75-38)64(92)79-68(70)78-61/h11-14,23-25,27,30-31,36,40-43,56H,9-10,15-22,26,28-29H2,1-8H3,(H8-,70,71,72,73,76,77,79,86,87,90,91,92,93,94,95,96)/p+2/t30-,31+,36+,40-,41+,42+,43+,56?,69-/m1/s1. The molecule has 32 heteroatoms. The second-order valence-corrected chi connectivity index (χ2v) is 28.6. The monoisotopic (exact) mass is 1420 g/mol. The van der Waals surface area contributed by atoms with Gasteiger partial charge in [0.1, 0.15) is 31.0 Å². The Labute approximate surface area is 584 Å². The average molecular weight is 1420 g/mol. The molecular formula is C69H76N14O16S2+2. The summed E-state index contributed by atoms with van der Waals surface area (Å²) in [4.78, 5) is 175. The lowest BCUT2D eigenvalue weighted by Crippen LogP contribution is -2.70. The topological polar surface area (TPSA) is 420 Å². The molecule has 6 aliphatic heterocycles. The fourth-order valence-electron chi connectivity index (χ4n) is 15.4. The van der Waals surface area contributed by atoms with E-state index in [1.54, 1.807) is 26.0 Å². The van der Waals surface area contributed by atoms with Crippen LogP contribution < -0.4 is 48.6 Å². The third-order valence-corrected chi connectivity index (χ3v) is 22.4. The van der Waals surface area contributed by atoms with Gasteiger partial charge in [0.25, 0.3) is 11.5 Å². The number of hydrogen-bond acceptors (Lipinski definition) is 21. The van der Waals surface area contributed by atoms with Crippen LogP contribution >= 0.6 is 21.6 Å². The molecule has 101 heavy (non-hydrogen) atoms. The van der Waals surface area contributed by atoms with Gasteiger partial charge in [0.15, 0.2) is 45.8 Å². The number of ketones is 3. The second kappa shape index (κ2) is 28.0. The number of carboxylic acids is 2. The van der Waals surface area contributed by atoms with Crippen LogP contribution in [0.2, 0.25) is 0 Å². The number of methoxy groups -OCH3 is 1. The number of anilines is 2. The first kappa shape index (κ1) is 70.5. The van der Waals surface area contributed by atoms with E-state index in [1.165, 1.54) is 25.4 Å². The normalized spacial score (nSPS) is 20.6. The molecule has 1 aromatic carbocycles. The molecule has 9 atom stereocenters. The number of ether oxygens (including phenoxy) is 2. The molecule has 12 rings (SSSR count). The number of aromatic amines is 1. The number of benzene rings is 1. The van der Waals surface area contributed by atoms with Gasteiger partial charge in [-0.05, 0) is 82.3 Å². The lowest BCUT2D eigenvalue weighted by molar-refractivity contribution is -0.837. The van der Waals surface area contributed by atoms with E-state index < -0.39 is 120 Å². The number of carbonyl (C=O) groups is 11. The quantitative estimate of drug-likeness (QED) is 0.00766. The van der Waals surface area contributed by atoms with Crippen LogP contribution in [0.3, 0.4) is 0 Å². The molecule has 0 fully saturated rings. The summed E-state index contributed by atoms with van der Waals surface area (Å²) in [5.74, 6) is -12.6. The summed E-state index contributed by atoms with van der Waals surface area (Å²) < 4.78 is 19.9. The Kier molecular flexibility index (Phi) is 19.5. The van der Waals surface area contributed by atoms with Crippen LogP contribution in [0.5, 0.6) is 0 Å². The molecule has 5 aromatic rings. The Morgan fingerprint density at radius 3 is 2.24 bits per heavy atom. The van der Waals surface area contributed by atoms with Crippen molar-refractivity contribution in [1.82, 2.24) is 50.3 Å². The van der Waals surface area contributed by atoms with E-state index >= 15 is 0 Å². The van der Waals surface area contributed by atoms with Crippen molar-refractivity contribution in [2.45, 2.75) is 118 Å². The summed E-state index contributed by atoms with van der Waals surface area (Å²) in [5, 5.41) is 34.7. The summed E-state index contributed by atoms with van der Waals surface area (Å²) in [5.41, 5.74) is 14.6. The number of nitrogen functional groups attached to an aromatic ring is 1. The zero-order valence-corrected chi connectivity index (χ0v) is 58.2. The van der Waals surface area contributed by atoms with Gasteiger partial charge in [-0.25, -0.2) is 19.6 Å². The summed E-state index contributed by atoms with van der Waals surface area (Å²) in [7, 11) is 3.44. The number of rotatable bonds is 31. The van der Waals surface area contributed by atoms with E-state index in [0.717, 1.165) is 78.7 Å². The molecule has 528 valence electrons. The number of nitrogens with two attached hydrogens (primary N) is 1. The first-order valence-corrected chi connectivity index (χ1v) is 35.8. The highest BCUT2D eigenvalue weighted by atomic mass is 33.1. The van der Waals surface area contributed by atoms with Crippen LogP contribution in [0.15, 0.2) is 46.7 Å². The van der Waals surface area contributed by atoms with Crippen molar-refractivity contribution in [2.75, 3.05) is 49.4 Å². The minimum Gasteiger partial charge on any atom is -0.480 e. The van der Waals surface area contributed by atoms with Crippen LogP contribution in [0.1, 0.15) is 139 Å². The van der Waals surface area contributed by atoms with E-state index in [4.69, 9.17) is 15.2 Å². The summed E-state index contributed by atoms with van der Waals surface area (Å²) in [6, 6.07) is 2.94. The minimum absolute atomic E-state index is 0.00443. The van der Waals surface area contributed by atoms with Crippen LogP contribution in [0, 0.1) is 49.4 Å². The number of aromatic nitrogens is 6. The lowest BCUT2D eigenvalue weighted by atomic mass is 9.81. The molecule has 0 saturated heterocycles. The van der Waals surface area contributed by atoms with Gasteiger partial charge in [0.05, 0.1) is 82.8 Å². The Hall–Kier alpha value is -10.4. The molecule has 30 nitrogen and oxygen atoms in total. The average Bonchev–Trinajstić information content (AvgIpc) is 1.47. The maximum absolute atomic E-state index is 15.0. The number of fused-ring (bicyclic) bond motifs is 2. The number of H-pyrrole nitrogens is 1. The van der Waals surface area contributed by atoms with E-state index in [2.05, 4.69) is 104 Å². The minimum atomic E-state index is -1.54. The molecule has 1 unspecified atom stereocenters. The Morgan fingerprint density at radius 2 is 1.54 bits per heavy atom. The Morgan fingerprint density at radius 1 is 0.832 bits per heavy atom. The van der Waals surface area contributed by atoms with Crippen molar-refractivity contribution in [2.24, 2.45) is 35.5 Å². The first-order chi connectivity index (χ1) is 48.2. The van der Waals surface area contributed by atoms with Gasteiger partial charge in [0.2, 0.25) is 29.4 Å². The third kappa shape index (κ3) is 12.3. The van der Waals surface area contributed by atoms with E-state index in [1.807, 2.05) is 13.8 Å². The number of Topliss-reactive ketones (excluding diaryl/α,β-unsaturated/α-hetero) is 3. The van der Waals surface area contributed by atoms with Crippen molar-refractivity contribution < 1.29 is 81.6 Å². The molecular weight excluding hydrogens is 1340 g/mol. The molecule has 7 aliphatic rings. The molecule has 4 aromatic heterocycles. The number of hydrogen-bond donors (Lipinski definition) is 9. The highest BCUT2D eigenvalue weighted by Crippen LogP contribution is 2.56. The van der Waals surface area contributed by atoms with Crippen LogP contribution in [-0.2, 0) is 60.3 Å². The summed E-state index contributed by atoms with van der Waals surface area (Å²) in [6.45, 7) is 13.3. The van der Waals surface area contributed by atoms with Crippen molar-refractivity contribution in [1.29, 1.82) is 0 Å². The van der Waals surface area contributed by atoms with Gasteiger partial charge in [-0.15, -0.1) is 0 Å². The van der Waals surface area contributed by atoms with Crippen molar-refractivity contribution in [3.63, 3.8) is 0 Å². The Bertz CT molecular complexity index is 4810. The SMILES string of the molecule is CCNC(=O)C[C@H](CC(=O)CC[C@H](NC(=O)c1ccc(NCc2cnc3nc(N)[nH]c(=O)c3n2)cc1)C(=O)O)C(=O)N[C@@H](CSSCCOC(=O)CNC(=O)CC[C@@H]1C2=[N+]3C(=Cc4c(C)c(C(C)=O)c5n4[C@@]34n3c(c(C)c6c3=C2C(C(=O)OC)C6=O)=CC2=[N+]4C(=C5)[C@H](C)[C@H]2CC)[C@H]1C)C(=O)O. The number of carbonyl (C=O) groups excluding carboxylic acids is 9. The number of nitrogens with zero attached hydrogens (tertiary/aromatic N) is 7. The lowest BCUT2D eigenvalue weighted by Gasteiger charge is -2.39. The fraction of sp³-hybridized carbons (Fsp3) is 0.435. The molecule has 1 aliphatic carbocycles. The number of aliphatic carboxylic acids is 2. The van der Waals surface area contributed by atoms with Gasteiger partial charge >= 0.3 is 29.8 Å². The first-order valence-electron chi connectivity index (χ1n) is 33.3. The van der Waals surface area contributed by atoms with E-state index in [0.29, 0.717) is 33.4 Å². The van der Waals surface area contributed by atoms with Crippen molar-refractivity contribution in [3.05, 3.63) is 108 Å². The number of nitrogens with one attached hydrogen (secondary N) is 6. The summed E-state index contributed by atoms with van der Waals surface area (Å²) in [6.07, 6.45) is 7.00. The largest absolute Gasteiger partial charge is 0.552 e. The van der Waals surface area contributed by atoms with Crippen LogP contribution in [0.25, 0.3) is 35.0 Å².